The van der Waals surface area contributed by atoms with Gasteiger partial charge in [0.05, 0.1) is 0 Å². The molecule has 0 atom stereocenters. The zero-order chi connectivity index (χ0) is 17.9. The molecule has 0 aliphatic carbocycles. The molecule has 0 saturated heterocycles. The van der Waals surface area contributed by atoms with Gasteiger partial charge >= 0.3 is 132 Å². The van der Waals surface area contributed by atoms with Crippen LogP contribution in [0.25, 0.3) is 0 Å². The third-order valence-electron chi connectivity index (χ3n) is 2.63. The van der Waals surface area contributed by atoms with E-state index in [4.69, 9.17) is 6.64 Å². The van der Waals surface area contributed by atoms with E-state index in [2.05, 4.69) is 19.7 Å². The molecule has 7 heteroatoms. The van der Waals surface area contributed by atoms with Crippen LogP contribution in [0.3, 0.4) is 0 Å². The second kappa shape index (κ2) is 6.73. The van der Waals surface area contributed by atoms with Gasteiger partial charge in [-0.1, -0.05) is 0 Å². The number of hydrogen-bond acceptors (Lipinski definition) is 6. The Hall–Kier alpha value is -1.50. The molecule has 0 amide bonds. The summed E-state index contributed by atoms with van der Waals surface area (Å²) in [7, 11) is 0. The summed E-state index contributed by atoms with van der Waals surface area (Å²) >= 11 is -6.81. The number of carbonyl (C=O) groups excluding carboxylic acids is 3. The van der Waals surface area contributed by atoms with Crippen LogP contribution >= 0.6 is 0 Å². The summed E-state index contributed by atoms with van der Waals surface area (Å²) in [6.07, 6.45) is -0.806. The minimum atomic E-state index is -6.81. The van der Waals surface area contributed by atoms with Crippen LogP contribution in [0.5, 0.6) is 0 Å². The van der Waals surface area contributed by atoms with Gasteiger partial charge in [-0.15, -0.1) is 0 Å². The predicted molar refractivity (Wildman–Crippen MR) is 77.5 cm³/mol. The van der Waals surface area contributed by atoms with Gasteiger partial charge in [-0.2, -0.15) is 0 Å². The molecule has 0 saturated carbocycles. The van der Waals surface area contributed by atoms with Gasteiger partial charge in [0, 0.05) is 0 Å². The first-order chi connectivity index (χ1) is 9.76. The summed E-state index contributed by atoms with van der Waals surface area (Å²) in [5.74, 6) is -1.14. The van der Waals surface area contributed by atoms with Crippen molar-refractivity contribution in [3.8, 4) is 0 Å². The normalized spacial score (nSPS) is 11.8. The number of rotatable bonds is 8. The van der Waals surface area contributed by atoms with Crippen LogP contribution in [0.15, 0.2) is 36.5 Å². The summed E-state index contributed by atoms with van der Waals surface area (Å²) in [6.45, 7) is 16.9. The van der Waals surface area contributed by atoms with Crippen molar-refractivity contribution < 1.29 is 40.4 Å². The molecule has 0 N–H and O–H groups in total. The van der Waals surface area contributed by atoms with Crippen molar-refractivity contribution in [3.63, 3.8) is 0 Å². The Bertz CT molecular complexity index is 608. The summed E-state index contributed by atoms with van der Waals surface area (Å²) in [6, 6.07) is 0. The molecule has 0 spiro atoms. The topological polar surface area (TPSA) is 86.7 Å². The van der Waals surface area contributed by atoms with Gasteiger partial charge in [-0.05, 0) is 0 Å². The molecule has 22 heavy (non-hydrogen) atoms. The Morgan fingerprint density at radius 1 is 0.864 bits per heavy atom. The Morgan fingerprint density at radius 3 is 1.45 bits per heavy atom. The Balaban J connectivity index is 6.61. The minimum absolute atomic E-state index is 0.122. The average molecular weight is 346 g/mol. The van der Waals surface area contributed by atoms with Crippen LogP contribution < -0.4 is 0 Å². The first kappa shape index (κ1) is 20.5. The predicted octanol–water partition coefficient (Wildman–Crippen LogP) is 2.60. The molecule has 6 nitrogen and oxygen atoms in total. The third-order valence-corrected chi connectivity index (χ3v) is 8.69. The molecule has 0 unspecified atom stereocenters. The number of carbonyl (C=O) groups is 3. The summed E-state index contributed by atoms with van der Waals surface area (Å²) in [5.41, 5.74) is -0.545. The molecule has 122 valence electrons. The molecule has 0 aliphatic heterocycles. The van der Waals surface area contributed by atoms with Crippen LogP contribution in [0.1, 0.15) is 34.6 Å². The van der Waals surface area contributed by atoms with E-state index in [1.807, 2.05) is 0 Å². The molecule has 0 aliphatic rings. The Labute approximate surface area is 132 Å². The molecule has 0 radical (unpaired) electrons. The van der Waals surface area contributed by atoms with E-state index in [0.717, 1.165) is 0 Å². The second-order valence-corrected chi connectivity index (χ2v) is 10.7. The fraction of sp³-hybridized carbons (Fsp3) is 0.400. The molecule has 0 aromatic heterocycles. The van der Waals surface area contributed by atoms with E-state index in [9.17, 15) is 17.7 Å². The molecule has 0 rings (SSSR count). The first-order valence-corrected chi connectivity index (χ1v) is 10.1. The fourth-order valence-corrected chi connectivity index (χ4v) is 7.20. The Kier molecular flexibility index (Phi) is 6.27. The first-order valence-electron chi connectivity index (χ1n) is 6.63. The molecular weight excluding hydrogens is 324 g/mol. The number of allylic oxidation sites excluding steroid dienone is 2. The molecule has 0 aromatic carbocycles. The van der Waals surface area contributed by atoms with Crippen LogP contribution in [0.4, 0.5) is 0 Å². The zero-order valence-corrected chi connectivity index (χ0v) is 15.2. The van der Waals surface area contributed by atoms with Crippen molar-refractivity contribution >= 4 is 14.1 Å². The standard InChI is InChI=1S/C4H6O2.2C4H5O.C3H7O.O.Ti/c1-3(2)4(5)6;2*1-4(2)3-5;1-3(2)4;;/h1H2,2H3,(H,5,6);2*1H2,2H3;3H,1-2H3;;/q;;;-1;;+2/p-1. The molecule has 0 aromatic rings. The van der Waals surface area contributed by atoms with Gasteiger partial charge in [-0.3, -0.25) is 0 Å². The van der Waals surface area contributed by atoms with Crippen molar-refractivity contribution in [2.24, 2.45) is 0 Å². The van der Waals surface area contributed by atoms with Gasteiger partial charge in [-0.25, -0.2) is 0 Å². The maximum atomic E-state index is 13.6. The molecule has 0 bridgehead atoms. The molecule has 0 heterocycles. The molecule has 0 fully saturated rings. The van der Waals surface area contributed by atoms with Crippen LogP contribution in [0, 0.1) is 0 Å². The van der Waals surface area contributed by atoms with Gasteiger partial charge in [0.15, 0.2) is 0 Å². The van der Waals surface area contributed by atoms with Crippen LogP contribution in [-0.4, -0.2) is 20.2 Å². The van der Waals surface area contributed by atoms with E-state index < -0.39 is 36.3 Å². The quantitative estimate of drug-likeness (QED) is 0.496. The average Bonchev–Trinajstić information content (AvgIpc) is 2.35. The zero-order valence-electron chi connectivity index (χ0n) is 13.6. The van der Waals surface area contributed by atoms with E-state index >= 15 is 0 Å². The van der Waals surface area contributed by atoms with Gasteiger partial charge in [0.2, 0.25) is 0 Å². The van der Waals surface area contributed by atoms with E-state index in [-0.39, 0.29) is 16.7 Å². The van der Waals surface area contributed by atoms with Gasteiger partial charge in [0.1, 0.15) is 0 Å². The fourth-order valence-electron chi connectivity index (χ4n) is 1.75. The van der Waals surface area contributed by atoms with Crippen molar-refractivity contribution in [2.75, 3.05) is 0 Å². The van der Waals surface area contributed by atoms with Crippen LogP contribution in [-0.2, 0) is 40.4 Å². The monoisotopic (exact) mass is 346 g/mol. The Morgan fingerprint density at radius 2 is 1.23 bits per heavy atom. The van der Waals surface area contributed by atoms with E-state index in [1.54, 1.807) is 0 Å². The SMILES string of the molecule is C=C(C)C(=O)[O][Ti](=[O])([O]C(C)C)([C](=O)C(=C)C)[C](=O)C(=C)C. The van der Waals surface area contributed by atoms with Crippen molar-refractivity contribution in [1.29, 1.82) is 0 Å². The van der Waals surface area contributed by atoms with E-state index in [1.165, 1.54) is 34.6 Å². The van der Waals surface area contributed by atoms with Crippen molar-refractivity contribution in [1.82, 2.24) is 0 Å². The third kappa shape index (κ3) is 3.82. The second-order valence-electron chi connectivity index (χ2n) is 5.54. The van der Waals surface area contributed by atoms with Crippen molar-refractivity contribution in [2.45, 2.75) is 40.7 Å². The summed E-state index contributed by atoms with van der Waals surface area (Å²) in [4.78, 5) is 36.9. The van der Waals surface area contributed by atoms with Crippen LogP contribution in [0.2, 0.25) is 0 Å². The van der Waals surface area contributed by atoms with Gasteiger partial charge < -0.3 is 0 Å². The van der Waals surface area contributed by atoms with Gasteiger partial charge in [0.25, 0.3) is 0 Å². The maximum absolute atomic E-state index is 13.6. The number of hydrogen-bond donors (Lipinski definition) is 0. The molecular formula is C15H22O6Ti. The summed E-state index contributed by atoms with van der Waals surface area (Å²) < 4.78 is 21.3. The van der Waals surface area contributed by atoms with Crippen molar-refractivity contribution in [3.05, 3.63) is 36.5 Å². The van der Waals surface area contributed by atoms with E-state index in [0.29, 0.717) is 0 Å². The summed E-state index contributed by atoms with van der Waals surface area (Å²) in [5, 5.41) is 0.